The molecule has 1 aliphatic rings. The van der Waals surface area contributed by atoms with E-state index < -0.39 is 17.8 Å². The molecule has 0 unspecified atom stereocenters. The molecule has 0 aliphatic carbocycles. The molecule has 4 amide bonds. The van der Waals surface area contributed by atoms with E-state index in [4.69, 9.17) is 14.2 Å². The molecular weight excluding hydrogens is 592 g/mol. The van der Waals surface area contributed by atoms with Crippen LogP contribution in [-0.2, 0) is 22.8 Å². The van der Waals surface area contributed by atoms with Gasteiger partial charge in [-0.15, -0.1) is 0 Å². The first kappa shape index (κ1) is 30.9. The molecule has 0 saturated carbocycles. The lowest BCUT2D eigenvalue weighted by Crippen LogP contribution is -2.57. The Bertz CT molecular complexity index is 1830. The second-order valence-corrected chi connectivity index (χ2v) is 10.6. The van der Waals surface area contributed by atoms with E-state index in [1.807, 2.05) is 55.5 Å². The molecule has 47 heavy (non-hydrogen) atoms. The molecule has 0 bridgehead atoms. The molecule has 0 radical (unpaired) electrons. The highest BCUT2D eigenvalue weighted by Gasteiger charge is 2.43. The van der Waals surface area contributed by atoms with Crippen LogP contribution in [0.5, 0.6) is 17.2 Å². The van der Waals surface area contributed by atoms with E-state index in [9.17, 15) is 14.4 Å². The summed E-state index contributed by atoms with van der Waals surface area (Å²) in [5, 5.41) is 0. The van der Waals surface area contributed by atoms with Crippen LogP contribution in [0.25, 0.3) is 6.08 Å². The summed E-state index contributed by atoms with van der Waals surface area (Å²) in [4.78, 5) is 42.8. The Morgan fingerprint density at radius 1 is 0.553 bits per heavy atom. The highest BCUT2D eigenvalue weighted by molar-refractivity contribution is 6.46. The van der Waals surface area contributed by atoms with Crippen molar-refractivity contribution in [1.82, 2.24) is 0 Å². The van der Waals surface area contributed by atoms with Crippen LogP contribution in [0.3, 0.4) is 0 Å². The van der Waals surface area contributed by atoms with Crippen LogP contribution in [0.4, 0.5) is 16.2 Å². The number of carbonyl (C=O) groups is 3. The summed E-state index contributed by atoms with van der Waals surface area (Å²) in [6.07, 6.45) is 1.50. The molecular formula is C39H32N2O6. The Balaban J connectivity index is 1.18. The van der Waals surface area contributed by atoms with Crippen molar-refractivity contribution >= 4 is 35.3 Å². The predicted molar refractivity (Wildman–Crippen MR) is 180 cm³/mol. The highest BCUT2D eigenvalue weighted by Crippen LogP contribution is 2.31. The maximum atomic E-state index is 13.6. The van der Waals surface area contributed by atoms with E-state index in [0.29, 0.717) is 47.4 Å². The number of para-hydroxylation sites is 2. The lowest BCUT2D eigenvalue weighted by molar-refractivity contribution is -0.121. The normalized spacial score (nSPS) is 13.0. The number of nitrogens with zero attached hydrogens (tertiary/aromatic N) is 2. The first-order valence-corrected chi connectivity index (χ1v) is 15.2. The topological polar surface area (TPSA) is 85.4 Å². The number of imide groups is 2. The fourth-order valence-corrected chi connectivity index (χ4v) is 5.10. The van der Waals surface area contributed by atoms with E-state index in [1.165, 1.54) is 6.08 Å². The van der Waals surface area contributed by atoms with Gasteiger partial charge in [0.15, 0.2) is 11.5 Å². The Morgan fingerprint density at radius 3 is 1.68 bits per heavy atom. The van der Waals surface area contributed by atoms with E-state index in [0.717, 1.165) is 20.9 Å². The fraction of sp³-hybridized carbons (Fsp3) is 0.103. The van der Waals surface area contributed by atoms with Crippen LogP contribution < -0.4 is 24.0 Å². The molecule has 1 heterocycles. The third kappa shape index (κ3) is 7.07. The minimum atomic E-state index is -0.735. The molecule has 5 aromatic carbocycles. The molecule has 0 N–H and O–H groups in total. The van der Waals surface area contributed by atoms with Crippen molar-refractivity contribution in [2.24, 2.45) is 0 Å². The third-order valence-corrected chi connectivity index (χ3v) is 7.42. The zero-order chi connectivity index (χ0) is 32.6. The number of rotatable bonds is 11. The van der Waals surface area contributed by atoms with Gasteiger partial charge in [-0.25, -0.2) is 14.6 Å². The molecule has 6 rings (SSSR count). The number of urea groups is 1. The molecule has 0 atom stereocenters. The minimum Gasteiger partial charge on any atom is -0.490 e. The van der Waals surface area contributed by atoms with E-state index >= 15 is 0 Å². The Labute approximate surface area is 273 Å². The summed E-state index contributed by atoms with van der Waals surface area (Å²) in [6.45, 7) is 3.14. The third-order valence-electron chi connectivity index (χ3n) is 7.42. The Kier molecular flexibility index (Phi) is 9.39. The maximum absolute atomic E-state index is 13.6. The molecule has 8 heteroatoms. The van der Waals surface area contributed by atoms with Crippen LogP contribution >= 0.6 is 0 Å². The fourth-order valence-electron chi connectivity index (χ4n) is 5.10. The van der Waals surface area contributed by atoms with Gasteiger partial charge in [0.1, 0.15) is 24.5 Å². The second kappa shape index (κ2) is 14.3. The first-order valence-electron chi connectivity index (χ1n) is 15.2. The number of amides is 4. The summed E-state index contributed by atoms with van der Waals surface area (Å²) in [6, 6.07) is 39.1. The van der Waals surface area contributed by atoms with Gasteiger partial charge >= 0.3 is 6.03 Å². The SMILES string of the molecule is CCOc1cc(COc2ccc(C=C3C(=O)N(c4ccccc4)C(=O)N(c4ccccc4)C3=O)cc2)ccc1OCc1ccccc1. The van der Waals surface area contributed by atoms with Crippen LogP contribution in [0.15, 0.2) is 139 Å². The number of benzene rings is 5. The predicted octanol–water partition coefficient (Wildman–Crippen LogP) is 7.83. The van der Waals surface area contributed by atoms with Crippen molar-refractivity contribution < 1.29 is 28.6 Å². The Hall–Kier alpha value is -6.15. The van der Waals surface area contributed by atoms with Gasteiger partial charge in [0.25, 0.3) is 11.8 Å². The molecule has 1 fully saturated rings. The minimum absolute atomic E-state index is 0.135. The number of ether oxygens (including phenoxy) is 3. The van der Waals surface area contributed by atoms with Gasteiger partial charge in [-0.1, -0.05) is 84.9 Å². The molecule has 0 spiro atoms. The largest absolute Gasteiger partial charge is 0.490 e. The average Bonchev–Trinajstić information content (AvgIpc) is 3.11. The summed E-state index contributed by atoms with van der Waals surface area (Å²) in [7, 11) is 0. The zero-order valence-corrected chi connectivity index (χ0v) is 25.7. The number of carbonyl (C=O) groups excluding carboxylic acids is 3. The van der Waals surface area contributed by atoms with E-state index in [-0.39, 0.29) is 12.2 Å². The van der Waals surface area contributed by atoms with Crippen molar-refractivity contribution in [1.29, 1.82) is 0 Å². The molecule has 1 saturated heterocycles. The van der Waals surface area contributed by atoms with Gasteiger partial charge in [-0.05, 0) is 78.2 Å². The monoisotopic (exact) mass is 624 g/mol. The van der Waals surface area contributed by atoms with Crippen molar-refractivity contribution in [2.75, 3.05) is 16.4 Å². The standard InChI is InChI=1S/C39H32N2O6/c1-2-45-36-25-30(20-23-35(36)47-26-29-12-6-3-7-13-29)27-46-33-21-18-28(19-22-33)24-34-37(42)40(31-14-8-4-9-15-31)39(44)41(38(34)43)32-16-10-5-11-17-32/h3-25H,2,26-27H2,1H3. The Morgan fingerprint density at radius 2 is 1.11 bits per heavy atom. The van der Waals surface area contributed by atoms with Crippen molar-refractivity contribution in [3.05, 3.63) is 156 Å². The quantitative estimate of drug-likeness (QED) is 0.110. The number of barbiturate groups is 1. The van der Waals surface area contributed by atoms with Gasteiger partial charge in [0.2, 0.25) is 0 Å². The molecule has 234 valence electrons. The van der Waals surface area contributed by atoms with Crippen LogP contribution in [0, 0.1) is 0 Å². The van der Waals surface area contributed by atoms with Crippen LogP contribution in [0.1, 0.15) is 23.6 Å². The second-order valence-electron chi connectivity index (χ2n) is 10.6. The van der Waals surface area contributed by atoms with E-state index in [2.05, 4.69) is 0 Å². The average molecular weight is 625 g/mol. The highest BCUT2D eigenvalue weighted by atomic mass is 16.5. The molecule has 1 aliphatic heterocycles. The molecule has 8 nitrogen and oxygen atoms in total. The summed E-state index contributed by atoms with van der Waals surface area (Å²) < 4.78 is 17.9. The lowest BCUT2D eigenvalue weighted by Gasteiger charge is -2.33. The van der Waals surface area contributed by atoms with E-state index in [1.54, 1.807) is 84.9 Å². The van der Waals surface area contributed by atoms with Gasteiger partial charge in [-0.2, -0.15) is 0 Å². The maximum Gasteiger partial charge on any atom is 0.343 e. The summed E-state index contributed by atoms with van der Waals surface area (Å²) in [5.41, 5.74) is 3.17. The van der Waals surface area contributed by atoms with Crippen LogP contribution in [-0.4, -0.2) is 24.5 Å². The van der Waals surface area contributed by atoms with Gasteiger partial charge in [0.05, 0.1) is 18.0 Å². The first-order chi connectivity index (χ1) is 23.0. The van der Waals surface area contributed by atoms with Crippen molar-refractivity contribution in [3.8, 4) is 17.2 Å². The zero-order valence-electron chi connectivity index (χ0n) is 25.7. The smallest absolute Gasteiger partial charge is 0.343 e. The molecule has 5 aromatic rings. The lowest BCUT2D eigenvalue weighted by atomic mass is 10.0. The van der Waals surface area contributed by atoms with Crippen LogP contribution in [0.2, 0.25) is 0 Å². The van der Waals surface area contributed by atoms with Crippen molar-refractivity contribution in [3.63, 3.8) is 0 Å². The van der Waals surface area contributed by atoms with Gasteiger partial charge < -0.3 is 14.2 Å². The van der Waals surface area contributed by atoms with Crippen molar-refractivity contribution in [2.45, 2.75) is 20.1 Å². The summed E-state index contributed by atoms with van der Waals surface area (Å²) >= 11 is 0. The molecule has 0 aromatic heterocycles. The number of hydrogen-bond acceptors (Lipinski definition) is 6. The number of hydrogen-bond donors (Lipinski definition) is 0. The number of anilines is 2. The van der Waals surface area contributed by atoms with Gasteiger partial charge in [0, 0.05) is 0 Å². The summed E-state index contributed by atoms with van der Waals surface area (Å²) in [5.74, 6) is 0.505. The van der Waals surface area contributed by atoms with Gasteiger partial charge in [-0.3, -0.25) is 9.59 Å².